The van der Waals surface area contributed by atoms with E-state index in [1.807, 2.05) is 38.1 Å². The van der Waals surface area contributed by atoms with Crippen LogP contribution in [-0.4, -0.2) is 36.9 Å². The van der Waals surface area contributed by atoms with Crippen molar-refractivity contribution >= 4 is 5.97 Å². The van der Waals surface area contributed by atoms with Gasteiger partial charge in [0.15, 0.2) is 11.5 Å². The summed E-state index contributed by atoms with van der Waals surface area (Å²) in [4.78, 5) is 11.0. The molecule has 0 fully saturated rings. The maximum atomic E-state index is 11.0. The molecule has 0 saturated carbocycles. The smallest absolute Gasteiger partial charge is 0.320 e. The van der Waals surface area contributed by atoms with Gasteiger partial charge in [0.05, 0.1) is 6.61 Å². The van der Waals surface area contributed by atoms with Crippen LogP contribution in [-0.2, 0) is 4.79 Å². The van der Waals surface area contributed by atoms with Crippen LogP contribution in [0.5, 0.6) is 11.5 Å². The Morgan fingerprint density at radius 3 is 2.45 bits per heavy atom. The Labute approximate surface area is 119 Å². The lowest BCUT2D eigenvalue weighted by Crippen LogP contribution is -2.38. The molecule has 5 nitrogen and oxygen atoms in total. The fourth-order valence-corrected chi connectivity index (χ4v) is 1.84. The van der Waals surface area contributed by atoms with Gasteiger partial charge >= 0.3 is 5.97 Å². The van der Waals surface area contributed by atoms with Crippen molar-refractivity contribution in [2.75, 3.05) is 19.8 Å². The Morgan fingerprint density at radius 2 is 1.90 bits per heavy atom. The van der Waals surface area contributed by atoms with Crippen LogP contribution in [0.3, 0.4) is 0 Å². The van der Waals surface area contributed by atoms with E-state index in [1.165, 1.54) is 0 Å². The number of para-hydroxylation sites is 2. The molecule has 0 saturated heterocycles. The Kier molecular flexibility index (Phi) is 7.50. The quantitative estimate of drug-likeness (QED) is 0.644. The van der Waals surface area contributed by atoms with Gasteiger partial charge in [0, 0.05) is 6.54 Å². The van der Waals surface area contributed by atoms with Gasteiger partial charge in [-0.3, -0.25) is 4.79 Å². The molecule has 0 aliphatic rings. The van der Waals surface area contributed by atoms with Crippen molar-refractivity contribution in [1.82, 2.24) is 5.32 Å². The minimum absolute atomic E-state index is 0.400. The molecule has 0 bridgehead atoms. The molecule has 1 rings (SSSR count). The first-order valence-electron chi connectivity index (χ1n) is 6.99. The molecule has 0 amide bonds. The van der Waals surface area contributed by atoms with E-state index in [1.54, 1.807) is 0 Å². The number of hydrogen-bond acceptors (Lipinski definition) is 4. The van der Waals surface area contributed by atoms with Gasteiger partial charge in [-0.05, 0) is 25.5 Å². The van der Waals surface area contributed by atoms with Gasteiger partial charge in [0.1, 0.15) is 12.6 Å². The first-order valence-corrected chi connectivity index (χ1v) is 6.99. The Morgan fingerprint density at radius 1 is 1.25 bits per heavy atom. The standard InChI is InChI=1S/C15H23NO4/c1-3-7-12(15(17)18)16-10-11-20-14-9-6-5-8-13(14)19-4-2/h5-6,8-9,12,16H,3-4,7,10-11H2,1-2H3,(H,17,18). The molecule has 0 aromatic heterocycles. The average molecular weight is 281 g/mol. The summed E-state index contributed by atoms with van der Waals surface area (Å²) in [5, 5.41) is 12.0. The highest BCUT2D eigenvalue weighted by molar-refractivity contribution is 5.73. The van der Waals surface area contributed by atoms with Crippen molar-refractivity contribution in [3.63, 3.8) is 0 Å². The molecule has 20 heavy (non-hydrogen) atoms. The lowest BCUT2D eigenvalue weighted by atomic mass is 10.2. The third-order valence-corrected chi connectivity index (χ3v) is 2.77. The van der Waals surface area contributed by atoms with Crippen LogP contribution in [0.4, 0.5) is 0 Å². The highest BCUT2D eigenvalue weighted by Crippen LogP contribution is 2.25. The summed E-state index contributed by atoms with van der Waals surface area (Å²) in [7, 11) is 0. The molecular weight excluding hydrogens is 258 g/mol. The number of ether oxygens (including phenoxy) is 2. The first-order chi connectivity index (χ1) is 9.69. The first kappa shape index (κ1) is 16.3. The molecular formula is C15H23NO4. The number of carbonyl (C=O) groups is 1. The molecule has 112 valence electrons. The normalized spacial score (nSPS) is 11.9. The molecule has 1 unspecified atom stereocenters. The molecule has 0 heterocycles. The Hall–Kier alpha value is -1.75. The maximum Gasteiger partial charge on any atom is 0.320 e. The van der Waals surface area contributed by atoms with Gasteiger partial charge < -0.3 is 19.9 Å². The van der Waals surface area contributed by atoms with Crippen molar-refractivity contribution in [2.24, 2.45) is 0 Å². The number of nitrogens with one attached hydrogen (secondary N) is 1. The van der Waals surface area contributed by atoms with E-state index in [0.717, 1.165) is 6.42 Å². The van der Waals surface area contributed by atoms with Gasteiger partial charge in [0.2, 0.25) is 0 Å². The topological polar surface area (TPSA) is 67.8 Å². The summed E-state index contributed by atoms with van der Waals surface area (Å²) in [5.41, 5.74) is 0. The molecule has 1 atom stereocenters. The predicted octanol–water partition coefficient (Wildman–Crippen LogP) is 2.31. The van der Waals surface area contributed by atoms with Crippen LogP contribution >= 0.6 is 0 Å². The second-order valence-electron chi connectivity index (χ2n) is 4.36. The number of hydrogen-bond donors (Lipinski definition) is 2. The number of rotatable bonds is 10. The van der Waals surface area contributed by atoms with Crippen molar-refractivity contribution in [1.29, 1.82) is 0 Å². The molecule has 1 aromatic rings. The van der Waals surface area contributed by atoms with Crippen molar-refractivity contribution < 1.29 is 19.4 Å². The minimum atomic E-state index is -0.818. The number of aliphatic carboxylic acids is 1. The largest absolute Gasteiger partial charge is 0.490 e. The van der Waals surface area contributed by atoms with Gasteiger partial charge in [0.25, 0.3) is 0 Å². The number of carboxylic acids is 1. The van der Waals surface area contributed by atoms with Gasteiger partial charge in [-0.2, -0.15) is 0 Å². The van der Waals surface area contributed by atoms with Crippen LogP contribution in [0, 0.1) is 0 Å². The number of benzene rings is 1. The highest BCUT2D eigenvalue weighted by Gasteiger charge is 2.14. The lowest BCUT2D eigenvalue weighted by Gasteiger charge is -2.15. The second-order valence-corrected chi connectivity index (χ2v) is 4.36. The molecule has 0 aliphatic carbocycles. The molecule has 0 spiro atoms. The average Bonchev–Trinajstić information content (AvgIpc) is 2.44. The zero-order valence-corrected chi connectivity index (χ0v) is 12.1. The zero-order chi connectivity index (χ0) is 14.8. The van der Waals surface area contributed by atoms with E-state index in [-0.39, 0.29) is 0 Å². The van der Waals surface area contributed by atoms with E-state index in [0.29, 0.717) is 37.7 Å². The van der Waals surface area contributed by atoms with E-state index < -0.39 is 12.0 Å². The second kappa shape index (κ2) is 9.20. The molecule has 1 aromatic carbocycles. The molecule has 2 N–H and O–H groups in total. The van der Waals surface area contributed by atoms with E-state index >= 15 is 0 Å². The highest BCUT2D eigenvalue weighted by atomic mass is 16.5. The van der Waals surface area contributed by atoms with Gasteiger partial charge in [-0.1, -0.05) is 25.5 Å². The fourth-order valence-electron chi connectivity index (χ4n) is 1.84. The Bertz CT molecular complexity index is 409. The maximum absolute atomic E-state index is 11.0. The van der Waals surface area contributed by atoms with E-state index in [2.05, 4.69) is 5.32 Å². The van der Waals surface area contributed by atoms with E-state index in [4.69, 9.17) is 14.6 Å². The SMILES string of the molecule is CCCC(NCCOc1ccccc1OCC)C(=O)O. The molecule has 0 aliphatic heterocycles. The molecule has 0 radical (unpaired) electrons. The van der Waals surface area contributed by atoms with Crippen LogP contribution in [0.15, 0.2) is 24.3 Å². The van der Waals surface area contributed by atoms with Crippen LogP contribution < -0.4 is 14.8 Å². The molecule has 5 heteroatoms. The lowest BCUT2D eigenvalue weighted by molar-refractivity contribution is -0.139. The zero-order valence-electron chi connectivity index (χ0n) is 12.1. The van der Waals surface area contributed by atoms with Crippen molar-refractivity contribution in [3.05, 3.63) is 24.3 Å². The summed E-state index contributed by atoms with van der Waals surface area (Å²) in [5.74, 6) is 0.568. The monoisotopic (exact) mass is 281 g/mol. The van der Waals surface area contributed by atoms with Crippen molar-refractivity contribution in [3.8, 4) is 11.5 Å². The van der Waals surface area contributed by atoms with E-state index in [9.17, 15) is 4.79 Å². The summed E-state index contributed by atoms with van der Waals surface area (Å²) < 4.78 is 11.1. The predicted molar refractivity (Wildman–Crippen MR) is 77.4 cm³/mol. The van der Waals surface area contributed by atoms with Gasteiger partial charge in [-0.15, -0.1) is 0 Å². The third-order valence-electron chi connectivity index (χ3n) is 2.77. The third kappa shape index (κ3) is 5.48. The minimum Gasteiger partial charge on any atom is -0.490 e. The summed E-state index contributed by atoms with van der Waals surface area (Å²) in [6.07, 6.45) is 1.45. The fraction of sp³-hybridized carbons (Fsp3) is 0.533. The van der Waals surface area contributed by atoms with Crippen molar-refractivity contribution in [2.45, 2.75) is 32.7 Å². The Balaban J connectivity index is 2.38. The van der Waals surface area contributed by atoms with Crippen LogP contribution in [0.2, 0.25) is 0 Å². The summed E-state index contributed by atoms with van der Waals surface area (Å²) in [6, 6.07) is 6.95. The summed E-state index contributed by atoms with van der Waals surface area (Å²) in [6.45, 7) is 5.35. The van der Waals surface area contributed by atoms with Crippen LogP contribution in [0.1, 0.15) is 26.7 Å². The number of carboxylic acid groups (broad SMARTS) is 1. The van der Waals surface area contributed by atoms with Crippen LogP contribution in [0.25, 0.3) is 0 Å². The van der Waals surface area contributed by atoms with Gasteiger partial charge in [-0.25, -0.2) is 0 Å². The summed E-state index contributed by atoms with van der Waals surface area (Å²) >= 11 is 0.